The van der Waals surface area contributed by atoms with E-state index < -0.39 is 24.3 Å². The van der Waals surface area contributed by atoms with Gasteiger partial charge in [-0.15, -0.1) is 37.2 Å². The third kappa shape index (κ3) is 10.8. The molecule has 36 heavy (non-hydrogen) atoms. The number of guanidine groups is 1. The number of carbonyl (C=O) groups is 2. The van der Waals surface area contributed by atoms with Crippen LogP contribution in [0.2, 0.25) is 0 Å². The van der Waals surface area contributed by atoms with E-state index in [0.29, 0.717) is 19.1 Å². The standard InChI is InChI=1S/C23H42N6O4.3ClH/c1-27-11-5-18(6-12-27)29-10-3-2-4-17(29)9-15-33-19-7-13-28(14-8-19)23(25)26-22(32)20(24)16-21(30)31;;;/h17-20H,2-16,24H2,1H3,(H,30,31)(H2,25,26,32);3*1H/t17-,20+;;;/m0.../s1. The van der Waals surface area contributed by atoms with Crippen molar-refractivity contribution in [2.24, 2.45) is 5.73 Å². The number of rotatable bonds is 8. The summed E-state index contributed by atoms with van der Waals surface area (Å²) in [5.74, 6) is -1.79. The third-order valence-corrected chi connectivity index (χ3v) is 7.37. The van der Waals surface area contributed by atoms with Crippen LogP contribution in [-0.2, 0) is 14.3 Å². The van der Waals surface area contributed by atoms with Gasteiger partial charge in [0.25, 0.3) is 0 Å². The summed E-state index contributed by atoms with van der Waals surface area (Å²) in [6.07, 6.45) is 8.87. The Labute approximate surface area is 233 Å². The number of hydrogen-bond acceptors (Lipinski definition) is 7. The Bertz CT molecular complexity index is 676. The van der Waals surface area contributed by atoms with Gasteiger partial charge in [-0.05, 0) is 71.6 Å². The van der Waals surface area contributed by atoms with Gasteiger partial charge < -0.3 is 25.4 Å². The highest BCUT2D eigenvalue weighted by Crippen LogP contribution is 2.27. The van der Waals surface area contributed by atoms with Crippen molar-refractivity contribution >= 4 is 55.1 Å². The predicted molar refractivity (Wildman–Crippen MR) is 148 cm³/mol. The van der Waals surface area contributed by atoms with Crippen LogP contribution in [-0.4, -0.2) is 108 Å². The van der Waals surface area contributed by atoms with Gasteiger partial charge in [0.15, 0.2) is 5.96 Å². The van der Waals surface area contributed by atoms with Crippen molar-refractivity contribution in [3.8, 4) is 0 Å². The molecule has 3 saturated heterocycles. The zero-order valence-corrected chi connectivity index (χ0v) is 23.7. The molecule has 0 aromatic rings. The van der Waals surface area contributed by atoms with Crippen LogP contribution >= 0.6 is 37.2 Å². The smallest absolute Gasteiger partial charge is 0.305 e. The normalized spacial score (nSPS) is 22.9. The number of carboxylic acid groups (broad SMARTS) is 1. The molecule has 3 heterocycles. The molecular weight excluding hydrogens is 531 g/mol. The summed E-state index contributed by atoms with van der Waals surface area (Å²) in [5.41, 5.74) is 5.56. The minimum absolute atomic E-state index is 0. The van der Waals surface area contributed by atoms with E-state index in [4.69, 9.17) is 21.0 Å². The van der Waals surface area contributed by atoms with Crippen molar-refractivity contribution in [1.82, 2.24) is 20.0 Å². The monoisotopic (exact) mass is 574 g/mol. The Balaban J connectivity index is 0.00000408. The molecule has 3 aliphatic heterocycles. The molecule has 0 bridgehead atoms. The van der Waals surface area contributed by atoms with E-state index in [9.17, 15) is 9.59 Å². The number of halogens is 3. The number of carboxylic acids is 1. The number of likely N-dealkylation sites (tertiary alicyclic amines) is 3. The summed E-state index contributed by atoms with van der Waals surface area (Å²) in [5, 5.41) is 19.3. The summed E-state index contributed by atoms with van der Waals surface area (Å²) in [7, 11) is 2.22. The van der Waals surface area contributed by atoms with Crippen molar-refractivity contribution in [3.05, 3.63) is 0 Å². The highest BCUT2D eigenvalue weighted by molar-refractivity contribution is 5.99. The van der Waals surface area contributed by atoms with E-state index in [0.717, 1.165) is 31.9 Å². The van der Waals surface area contributed by atoms with Crippen molar-refractivity contribution in [1.29, 1.82) is 5.41 Å². The van der Waals surface area contributed by atoms with Crippen molar-refractivity contribution in [2.75, 3.05) is 46.4 Å². The van der Waals surface area contributed by atoms with Crippen LogP contribution in [0.3, 0.4) is 0 Å². The Kier molecular flexibility index (Phi) is 17.2. The highest BCUT2D eigenvalue weighted by Gasteiger charge is 2.31. The Hall–Kier alpha value is -0.880. The second-order valence-corrected chi connectivity index (χ2v) is 9.81. The largest absolute Gasteiger partial charge is 0.481 e. The fourth-order valence-corrected chi connectivity index (χ4v) is 5.33. The zero-order valence-electron chi connectivity index (χ0n) is 21.2. The molecule has 0 aromatic carbocycles. The van der Waals surface area contributed by atoms with Gasteiger partial charge in [-0.2, -0.15) is 0 Å². The lowest BCUT2D eigenvalue weighted by molar-refractivity contribution is -0.139. The number of hydrogen-bond donors (Lipinski definition) is 4. The SMILES string of the molecule is CN1CCC(N2CCCC[C@H]2CCOC2CCN(C(=N)NC(=O)[C@H](N)CC(=O)O)CC2)CC1.Cl.Cl.Cl. The van der Waals surface area contributed by atoms with Crippen LogP contribution in [0.1, 0.15) is 57.8 Å². The lowest BCUT2D eigenvalue weighted by atomic mass is 9.93. The fraction of sp³-hybridized carbons (Fsp3) is 0.870. The van der Waals surface area contributed by atoms with Gasteiger partial charge in [-0.25, -0.2) is 0 Å². The second-order valence-electron chi connectivity index (χ2n) is 9.81. The van der Waals surface area contributed by atoms with Gasteiger partial charge >= 0.3 is 5.97 Å². The summed E-state index contributed by atoms with van der Waals surface area (Å²) in [4.78, 5) is 29.6. The zero-order chi connectivity index (χ0) is 23.8. The maximum atomic E-state index is 11.9. The minimum atomic E-state index is -1.16. The molecule has 212 valence electrons. The van der Waals surface area contributed by atoms with Gasteiger partial charge in [0.2, 0.25) is 5.91 Å². The molecule has 13 heteroatoms. The first-order valence-corrected chi connectivity index (χ1v) is 12.5. The molecule has 2 atom stereocenters. The van der Waals surface area contributed by atoms with Crippen LogP contribution in [0.4, 0.5) is 0 Å². The number of aliphatic carboxylic acids is 1. The summed E-state index contributed by atoms with van der Waals surface area (Å²) < 4.78 is 6.22. The fourth-order valence-electron chi connectivity index (χ4n) is 5.33. The molecular formula is C23H45Cl3N6O4. The van der Waals surface area contributed by atoms with Crippen LogP contribution in [0.5, 0.6) is 0 Å². The van der Waals surface area contributed by atoms with Gasteiger partial charge in [0.1, 0.15) is 0 Å². The van der Waals surface area contributed by atoms with Crippen molar-refractivity contribution < 1.29 is 19.4 Å². The predicted octanol–water partition coefficient (Wildman–Crippen LogP) is 1.92. The first kappa shape index (κ1) is 35.1. The number of nitrogens with one attached hydrogen (secondary N) is 2. The number of nitrogens with two attached hydrogens (primary N) is 1. The molecule has 1 amide bonds. The van der Waals surface area contributed by atoms with Gasteiger partial charge in [0, 0.05) is 31.8 Å². The first-order valence-electron chi connectivity index (χ1n) is 12.5. The van der Waals surface area contributed by atoms with Crippen LogP contribution in [0.25, 0.3) is 0 Å². The van der Waals surface area contributed by atoms with E-state index in [1.807, 2.05) is 0 Å². The van der Waals surface area contributed by atoms with E-state index in [1.54, 1.807) is 4.90 Å². The molecule has 3 rings (SSSR count). The first-order chi connectivity index (χ1) is 15.8. The minimum Gasteiger partial charge on any atom is -0.481 e. The topological polar surface area (TPSA) is 135 Å². The molecule has 0 aliphatic carbocycles. The van der Waals surface area contributed by atoms with Gasteiger partial charge in [-0.1, -0.05) is 6.42 Å². The summed E-state index contributed by atoms with van der Waals surface area (Å²) in [6.45, 7) is 5.65. The van der Waals surface area contributed by atoms with E-state index in [1.165, 1.54) is 51.7 Å². The number of piperidine rings is 3. The quantitative estimate of drug-likeness (QED) is 0.255. The maximum Gasteiger partial charge on any atom is 0.305 e. The Morgan fingerprint density at radius 3 is 2.28 bits per heavy atom. The second kappa shape index (κ2) is 17.6. The molecule has 0 radical (unpaired) electrons. The van der Waals surface area contributed by atoms with Crippen LogP contribution in [0.15, 0.2) is 0 Å². The number of ether oxygens (including phenoxy) is 1. The third-order valence-electron chi connectivity index (χ3n) is 7.37. The van der Waals surface area contributed by atoms with Crippen LogP contribution < -0.4 is 11.1 Å². The number of carbonyl (C=O) groups excluding carboxylic acids is 1. The molecule has 5 N–H and O–H groups in total. The summed E-state index contributed by atoms with van der Waals surface area (Å²) in [6, 6.07) is 0.197. The highest BCUT2D eigenvalue weighted by atomic mass is 35.5. The lowest BCUT2D eigenvalue weighted by Crippen LogP contribution is -2.52. The molecule has 0 unspecified atom stereocenters. The van der Waals surface area contributed by atoms with Crippen LogP contribution in [0, 0.1) is 5.41 Å². The van der Waals surface area contributed by atoms with Crippen molar-refractivity contribution in [3.63, 3.8) is 0 Å². The van der Waals surface area contributed by atoms with Gasteiger partial charge in [-0.3, -0.25) is 25.2 Å². The Morgan fingerprint density at radius 2 is 1.67 bits per heavy atom. The molecule has 3 aliphatic rings. The molecule has 10 nitrogen and oxygen atoms in total. The van der Waals surface area contributed by atoms with E-state index in [-0.39, 0.29) is 49.3 Å². The lowest BCUT2D eigenvalue weighted by Gasteiger charge is -2.44. The van der Waals surface area contributed by atoms with E-state index in [2.05, 4.69) is 22.2 Å². The number of nitrogens with zero attached hydrogens (tertiary/aromatic N) is 3. The van der Waals surface area contributed by atoms with Gasteiger partial charge in [0.05, 0.1) is 18.6 Å². The molecule has 0 saturated carbocycles. The molecule has 3 fully saturated rings. The van der Waals surface area contributed by atoms with Crippen molar-refractivity contribution in [2.45, 2.75) is 82.0 Å². The van der Waals surface area contributed by atoms with E-state index >= 15 is 0 Å². The molecule has 0 aromatic heterocycles. The average molecular weight is 576 g/mol. The molecule has 0 spiro atoms. The maximum absolute atomic E-state index is 11.9. The Morgan fingerprint density at radius 1 is 1.03 bits per heavy atom. The number of amides is 1. The average Bonchev–Trinajstić information content (AvgIpc) is 2.80. The summed E-state index contributed by atoms with van der Waals surface area (Å²) >= 11 is 0.